The molecule has 0 radical (unpaired) electrons. The Morgan fingerprint density at radius 2 is 1.16 bits per heavy atom. The van der Waals surface area contributed by atoms with Crippen molar-refractivity contribution >= 4 is 47.0 Å². The topological polar surface area (TPSA) is 158 Å². The molecule has 0 spiro atoms. The summed E-state index contributed by atoms with van der Waals surface area (Å²) in [5.74, 6) is 2.51. The Labute approximate surface area is 322 Å². The minimum Gasteiger partial charge on any atom is -0.395 e. The van der Waals surface area contributed by atoms with E-state index in [9.17, 15) is 9.59 Å². The van der Waals surface area contributed by atoms with Crippen LogP contribution in [0.15, 0.2) is 60.9 Å². The molecule has 290 valence electrons. The summed E-state index contributed by atoms with van der Waals surface area (Å²) in [6.45, 7) is 9.81. The number of piperidine rings is 2. The standard InChI is InChI=1S/C21H28N6O2.C19H24N6O/c1-15-5-3-4-6-18(15)27-14-16-13-22-20(24-19(16)25(2)21(27)29)23-17-7-9-26(10-8-17)11-12-28;1-13-5-3-4-6-16(13)25-12-14-11-21-18(22-15-7-9-20-10-8-15)23-17(14)24(2)19(25)26/h3-6,13,17,28H,7-12,14H2,1-2H3,(H,22,23,24);3-6,11,15,20H,7-10,12H2,1-2H3,(H,21,22,23). The molecule has 2 saturated heterocycles. The van der Waals surface area contributed by atoms with Gasteiger partial charge in [-0.25, -0.2) is 19.6 Å². The number of aromatic nitrogens is 4. The van der Waals surface area contributed by atoms with E-state index < -0.39 is 0 Å². The van der Waals surface area contributed by atoms with Crippen LogP contribution in [0.3, 0.4) is 0 Å². The molecule has 0 atom stereocenters. The van der Waals surface area contributed by atoms with Gasteiger partial charge in [-0.2, -0.15) is 9.97 Å². The molecule has 15 heteroatoms. The molecule has 6 heterocycles. The number of aliphatic hydroxyl groups is 1. The number of fused-ring (bicyclic) bond motifs is 2. The maximum absolute atomic E-state index is 13.0. The molecule has 4 aliphatic heterocycles. The zero-order valence-corrected chi connectivity index (χ0v) is 32.2. The fourth-order valence-electron chi connectivity index (χ4n) is 7.64. The number of nitrogens with zero attached hydrogens (tertiary/aromatic N) is 9. The monoisotopic (exact) mass is 748 g/mol. The second kappa shape index (κ2) is 17.0. The summed E-state index contributed by atoms with van der Waals surface area (Å²) >= 11 is 0. The zero-order chi connectivity index (χ0) is 38.5. The van der Waals surface area contributed by atoms with Crippen LogP contribution in [-0.4, -0.2) is 108 Å². The average Bonchev–Trinajstić information content (AvgIpc) is 3.20. The van der Waals surface area contributed by atoms with E-state index in [1.54, 1.807) is 33.7 Å². The van der Waals surface area contributed by atoms with E-state index >= 15 is 0 Å². The van der Waals surface area contributed by atoms with Crippen molar-refractivity contribution in [1.29, 1.82) is 0 Å². The highest BCUT2D eigenvalue weighted by atomic mass is 16.3. The predicted octanol–water partition coefficient (Wildman–Crippen LogP) is 4.76. The number of carbonyl (C=O) groups excluding carboxylic acids is 2. The van der Waals surface area contributed by atoms with E-state index in [1.165, 1.54) is 0 Å². The van der Waals surface area contributed by atoms with Crippen molar-refractivity contribution in [3.05, 3.63) is 83.2 Å². The molecular weight excluding hydrogens is 697 g/mol. The van der Waals surface area contributed by atoms with E-state index in [4.69, 9.17) is 5.11 Å². The maximum Gasteiger partial charge on any atom is 0.330 e. The molecule has 4 amide bonds. The molecule has 2 aromatic carbocycles. The van der Waals surface area contributed by atoms with E-state index in [-0.39, 0.29) is 18.7 Å². The number of amides is 4. The van der Waals surface area contributed by atoms with Crippen LogP contribution in [0, 0.1) is 13.8 Å². The van der Waals surface area contributed by atoms with Crippen molar-refractivity contribution in [2.75, 3.05) is 83.7 Å². The van der Waals surface area contributed by atoms with Gasteiger partial charge in [-0.05, 0) is 75.9 Å². The van der Waals surface area contributed by atoms with Crippen molar-refractivity contribution in [3.63, 3.8) is 0 Å². The molecule has 4 aliphatic rings. The summed E-state index contributed by atoms with van der Waals surface area (Å²) in [7, 11) is 3.53. The first-order valence-corrected chi connectivity index (χ1v) is 19.2. The number of aryl methyl sites for hydroxylation is 2. The van der Waals surface area contributed by atoms with Crippen LogP contribution >= 0.6 is 0 Å². The summed E-state index contributed by atoms with van der Waals surface area (Å²) in [6, 6.07) is 16.3. The molecule has 4 N–H and O–H groups in total. The number of nitrogens with one attached hydrogen (secondary N) is 3. The molecule has 0 unspecified atom stereocenters. The van der Waals surface area contributed by atoms with Gasteiger partial charge < -0.3 is 26.0 Å². The molecule has 4 aromatic rings. The molecule has 0 bridgehead atoms. The van der Waals surface area contributed by atoms with Crippen LogP contribution in [0.25, 0.3) is 0 Å². The number of urea groups is 2. The van der Waals surface area contributed by atoms with Gasteiger partial charge in [-0.15, -0.1) is 0 Å². The Hall–Kier alpha value is -5.38. The molecule has 55 heavy (non-hydrogen) atoms. The molecule has 8 rings (SSSR count). The highest BCUT2D eigenvalue weighted by molar-refractivity contribution is 6.06. The second-order valence-corrected chi connectivity index (χ2v) is 14.7. The Balaban J connectivity index is 0.000000170. The fourth-order valence-corrected chi connectivity index (χ4v) is 7.64. The summed E-state index contributed by atoms with van der Waals surface area (Å²) in [5.41, 5.74) is 5.84. The van der Waals surface area contributed by atoms with Crippen molar-refractivity contribution in [2.24, 2.45) is 0 Å². The quantitative estimate of drug-likeness (QED) is 0.197. The zero-order valence-electron chi connectivity index (χ0n) is 32.2. The number of rotatable bonds is 8. The van der Waals surface area contributed by atoms with Crippen LogP contribution in [0.1, 0.15) is 47.9 Å². The van der Waals surface area contributed by atoms with E-state index in [2.05, 4.69) is 40.8 Å². The average molecular weight is 749 g/mol. The number of likely N-dealkylation sites (tertiary alicyclic amines) is 1. The first-order chi connectivity index (χ1) is 26.7. The number of para-hydroxylation sites is 2. The molecule has 15 nitrogen and oxygen atoms in total. The van der Waals surface area contributed by atoms with Crippen molar-refractivity contribution in [2.45, 2.75) is 64.7 Å². The molecule has 2 fully saturated rings. The Morgan fingerprint density at radius 3 is 1.62 bits per heavy atom. The lowest BCUT2D eigenvalue weighted by molar-refractivity contribution is 0.168. The van der Waals surface area contributed by atoms with Crippen LogP contribution in [0.2, 0.25) is 0 Å². The number of anilines is 6. The third kappa shape index (κ3) is 8.48. The number of carbonyl (C=O) groups is 2. The van der Waals surface area contributed by atoms with Gasteiger partial charge in [-0.3, -0.25) is 19.6 Å². The Morgan fingerprint density at radius 1 is 0.709 bits per heavy atom. The van der Waals surface area contributed by atoms with Gasteiger partial charge in [0.15, 0.2) is 0 Å². The molecule has 0 aliphatic carbocycles. The number of hydrogen-bond donors (Lipinski definition) is 4. The third-order valence-electron chi connectivity index (χ3n) is 10.8. The molecule has 2 aromatic heterocycles. The summed E-state index contributed by atoms with van der Waals surface area (Å²) in [4.78, 5) is 53.2. The van der Waals surface area contributed by atoms with Crippen LogP contribution < -0.4 is 35.6 Å². The first-order valence-electron chi connectivity index (χ1n) is 19.2. The summed E-state index contributed by atoms with van der Waals surface area (Å²) in [6.07, 6.45) is 7.72. The van der Waals surface area contributed by atoms with Crippen molar-refractivity contribution in [3.8, 4) is 0 Å². The lowest BCUT2D eigenvalue weighted by atomic mass is 10.1. The van der Waals surface area contributed by atoms with Gasteiger partial charge in [0.2, 0.25) is 11.9 Å². The minimum atomic E-state index is -0.0891. The predicted molar refractivity (Wildman–Crippen MR) is 216 cm³/mol. The Kier molecular flexibility index (Phi) is 11.7. The number of benzene rings is 2. The van der Waals surface area contributed by atoms with Gasteiger partial charge in [-0.1, -0.05) is 36.4 Å². The summed E-state index contributed by atoms with van der Waals surface area (Å²) in [5, 5.41) is 19.2. The molecular formula is C40H52N12O3. The first kappa shape index (κ1) is 37.9. The van der Waals surface area contributed by atoms with Gasteiger partial charge >= 0.3 is 12.1 Å². The normalized spacial score (nSPS) is 18.1. The van der Waals surface area contributed by atoms with Crippen LogP contribution in [-0.2, 0) is 13.1 Å². The highest BCUT2D eigenvalue weighted by Crippen LogP contribution is 2.33. The number of aliphatic hydroxyl groups excluding tert-OH is 1. The van der Waals surface area contributed by atoms with Crippen LogP contribution in [0.5, 0.6) is 0 Å². The minimum absolute atomic E-state index is 0.0710. The smallest absolute Gasteiger partial charge is 0.330 e. The van der Waals surface area contributed by atoms with Gasteiger partial charge in [0.05, 0.1) is 19.7 Å². The number of β-amino-alcohol motifs (C(OH)–C–C–N with tert-alkyl or cyclic N) is 1. The highest BCUT2D eigenvalue weighted by Gasteiger charge is 2.33. The van der Waals surface area contributed by atoms with Gasteiger partial charge in [0.25, 0.3) is 0 Å². The fraction of sp³-hybridized carbons (Fsp3) is 0.450. The molecule has 0 saturated carbocycles. The second-order valence-electron chi connectivity index (χ2n) is 14.7. The van der Waals surface area contributed by atoms with Gasteiger partial charge in [0.1, 0.15) is 11.6 Å². The third-order valence-corrected chi connectivity index (χ3v) is 10.8. The van der Waals surface area contributed by atoms with E-state index in [0.717, 1.165) is 92.0 Å². The lowest BCUT2D eigenvalue weighted by Crippen LogP contribution is -2.46. The Bertz CT molecular complexity index is 1980. The van der Waals surface area contributed by atoms with Crippen LogP contribution in [0.4, 0.5) is 44.5 Å². The SMILES string of the molecule is Cc1ccccc1N1Cc2cnc(NC3CCN(CCO)CC3)nc2N(C)C1=O.Cc1ccccc1N1Cc2cnc(NC3CCNCC3)nc2N(C)C1=O. The summed E-state index contributed by atoms with van der Waals surface area (Å²) < 4.78 is 0. The van der Waals surface area contributed by atoms with E-state index in [0.29, 0.717) is 48.7 Å². The lowest BCUT2D eigenvalue weighted by Gasteiger charge is -2.35. The van der Waals surface area contributed by atoms with Gasteiger partial charge in [0, 0.05) is 80.7 Å². The van der Waals surface area contributed by atoms with E-state index in [1.807, 2.05) is 74.8 Å². The van der Waals surface area contributed by atoms with Crippen molar-refractivity contribution in [1.82, 2.24) is 30.2 Å². The van der Waals surface area contributed by atoms with Crippen molar-refractivity contribution < 1.29 is 14.7 Å². The number of hydrogen-bond acceptors (Lipinski definition) is 11. The maximum atomic E-state index is 13.0. The largest absolute Gasteiger partial charge is 0.395 e.